The lowest BCUT2D eigenvalue weighted by Gasteiger charge is -2.37. The van der Waals surface area contributed by atoms with Crippen LogP contribution in [0.4, 0.5) is 0 Å². The second-order valence-corrected chi connectivity index (χ2v) is 4.38. The predicted octanol–water partition coefficient (Wildman–Crippen LogP) is 2.57. The number of allylic oxidation sites excluding steroid dienone is 2. The molecule has 1 heteroatoms. The van der Waals surface area contributed by atoms with Gasteiger partial charge in [-0.2, -0.15) is 0 Å². The second kappa shape index (κ2) is 2.45. The Hall–Kier alpha value is -0.590. The summed E-state index contributed by atoms with van der Waals surface area (Å²) in [5.41, 5.74) is -0.0434. The summed E-state index contributed by atoms with van der Waals surface area (Å²) in [5.74, 6) is 1.47. The van der Waals surface area contributed by atoms with E-state index in [9.17, 15) is 4.79 Å². The minimum absolute atomic E-state index is 0.0434. The van der Waals surface area contributed by atoms with E-state index < -0.39 is 0 Å². The predicted molar refractivity (Wildman–Crippen MR) is 48.8 cm³/mol. The molecule has 12 heavy (non-hydrogen) atoms. The summed E-state index contributed by atoms with van der Waals surface area (Å²) in [6.07, 6.45) is 7.58. The van der Waals surface area contributed by atoms with Gasteiger partial charge in [0.05, 0.1) is 0 Å². The third kappa shape index (κ3) is 0.825. The minimum Gasteiger partial charge on any atom is -0.299 e. The summed E-state index contributed by atoms with van der Waals surface area (Å²) in [5, 5.41) is 0. The van der Waals surface area contributed by atoms with Gasteiger partial charge in [0, 0.05) is 11.8 Å². The zero-order chi connectivity index (χ0) is 8.77. The molecular formula is C11H16O. The van der Waals surface area contributed by atoms with E-state index in [1.807, 2.05) is 0 Å². The van der Waals surface area contributed by atoms with Gasteiger partial charge in [-0.25, -0.2) is 0 Å². The van der Waals surface area contributed by atoms with Gasteiger partial charge < -0.3 is 0 Å². The molecule has 0 radical (unpaired) electrons. The molecule has 2 aliphatic rings. The molecule has 0 spiro atoms. The first-order chi connectivity index (χ1) is 5.65. The fourth-order valence-electron chi connectivity index (χ4n) is 2.65. The van der Waals surface area contributed by atoms with Crippen molar-refractivity contribution < 1.29 is 4.79 Å². The van der Waals surface area contributed by atoms with Gasteiger partial charge in [0.25, 0.3) is 0 Å². The van der Waals surface area contributed by atoms with Crippen molar-refractivity contribution in [3.8, 4) is 0 Å². The number of carbonyl (C=O) groups excluding carboxylic acids is 1. The number of fused-ring (bicyclic) bond motifs is 1. The Morgan fingerprint density at radius 3 is 2.92 bits per heavy atom. The zero-order valence-electron chi connectivity index (χ0n) is 7.84. The summed E-state index contributed by atoms with van der Waals surface area (Å²) >= 11 is 0. The standard InChI is InChI=1S/C11H16O/c1-8-6-7-9-4-3-5-10(12)11(8,9)2/h6-9H,3-5H2,1-2H3/t8-,9+,11-/m0/s1. The van der Waals surface area contributed by atoms with Gasteiger partial charge in [-0.1, -0.05) is 26.0 Å². The Labute approximate surface area is 73.8 Å². The smallest absolute Gasteiger partial charge is 0.139 e. The fraction of sp³-hybridized carbons (Fsp3) is 0.727. The maximum absolute atomic E-state index is 11.8. The van der Waals surface area contributed by atoms with E-state index in [0.29, 0.717) is 17.6 Å². The Bertz CT molecular complexity index is 241. The average Bonchev–Trinajstić information content (AvgIpc) is 2.33. The molecule has 2 rings (SSSR count). The molecule has 0 unspecified atom stereocenters. The van der Waals surface area contributed by atoms with Gasteiger partial charge in [-0.05, 0) is 24.7 Å². The molecule has 0 N–H and O–H groups in total. The largest absolute Gasteiger partial charge is 0.299 e. The average molecular weight is 164 g/mol. The third-order valence-corrected chi connectivity index (χ3v) is 3.87. The van der Waals surface area contributed by atoms with E-state index >= 15 is 0 Å². The number of hydrogen-bond donors (Lipinski definition) is 0. The summed E-state index contributed by atoms with van der Waals surface area (Å²) in [7, 11) is 0. The zero-order valence-corrected chi connectivity index (χ0v) is 7.84. The Morgan fingerprint density at radius 1 is 1.50 bits per heavy atom. The first kappa shape index (κ1) is 8.03. The lowest BCUT2D eigenvalue weighted by atomic mass is 9.64. The molecule has 0 heterocycles. The molecule has 0 bridgehead atoms. The van der Waals surface area contributed by atoms with Crippen LogP contribution in [0, 0.1) is 17.3 Å². The van der Waals surface area contributed by atoms with Crippen molar-refractivity contribution in [2.24, 2.45) is 17.3 Å². The van der Waals surface area contributed by atoms with Crippen LogP contribution in [0.5, 0.6) is 0 Å². The third-order valence-electron chi connectivity index (χ3n) is 3.87. The molecule has 0 aromatic rings. The maximum Gasteiger partial charge on any atom is 0.139 e. The van der Waals surface area contributed by atoms with Crippen LogP contribution in [0.15, 0.2) is 12.2 Å². The Kier molecular flexibility index (Phi) is 1.64. The Balaban J connectivity index is 2.34. The molecule has 66 valence electrons. The van der Waals surface area contributed by atoms with Crippen molar-refractivity contribution in [3.63, 3.8) is 0 Å². The van der Waals surface area contributed by atoms with Gasteiger partial charge in [0.15, 0.2) is 0 Å². The number of Topliss-reactive ketones (excluding diaryl/α,β-unsaturated/α-hetero) is 1. The normalized spacial score (nSPS) is 46.3. The minimum atomic E-state index is -0.0434. The molecule has 2 aliphatic carbocycles. The van der Waals surface area contributed by atoms with Crippen molar-refractivity contribution >= 4 is 5.78 Å². The molecule has 0 aromatic heterocycles. The van der Waals surface area contributed by atoms with Gasteiger partial charge >= 0.3 is 0 Å². The molecular weight excluding hydrogens is 148 g/mol. The molecule has 3 atom stereocenters. The van der Waals surface area contributed by atoms with Crippen LogP contribution in [-0.4, -0.2) is 5.78 Å². The van der Waals surface area contributed by atoms with Crippen LogP contribution >= 0.6 is 0 Å². The van der Waals surface area contributed by atoms with Crippen LogP contribution in [0.3, 0.4) is 0 Å². The van der Waals surface area contributed by atoms with E-state index in [1.165, 1.54) is 6.42 Å². The highest BCUT2D eigenvalue weighted by Crippen LogP contribution is 2.49. The summed E-state index contributed by atoms with van der Waals surface area (Å²) in [6.45, 7) is 4.31. The van der Waals surface area contributed by atoms with Crippen LogP contribution in [0.25, 0.3) is 0 Å². The Morgan fingerprint density at radius 2 is 2.25 bits per heavy atom. The SMILES string of the molecule is C[C@H]1C=C[C@H]2CCCC(=O)[C@@]12C. The van der Waals surface area contributed by atoms with Crippen molar-refractivity contribution in [1.82, 2.24) is 0 Å². The quantitative estimate of drug-likeness (QED) is 0.503. The summed E-state index contributed by atoms with van der Waals surface area (Å²) < 4.78 is 0. The van der Waals surface area contributed by atoms with Crippen molar-refractivity contribution in [3.05, 3.63) is 12.2 Å². The topological polar surface area (TPSA) is 17.1 Å². The molecule has 0 saturated heterocycles. The number of ketones is 1. The van der Waals surface area contributed by atoms with Crippen molar-refractivity contribution in [2.75, 3.05) is 0 Å². The molecule has 0 aromatic carbocycles. The van der Waals surface area contributed by atoms with E-state index in [1.54, 1.807) is 0 Å². The van der Waals surface area contributed by atoms with Crippen molar-refractivity contribution in [1.29, 1.82) is 0 Å². The lowest BCUT2D eigenvalue weighted by molar-refractivity contribution is -0.134. The van der Waals surface area contributed by atoms with E-state index in [0.717, 1.165) is 12.8 Å². The van der Waals surface area contributed by atoms with Gasteiger partial charge in [0.2, 0.25) is 0 Å². The van der Waals surface area contributed by atoms with Gasteiger partial charge in [-0.3, -0.25) is 4.79 Å². The first-order valence-corrected chi connectivity index (χ1v) is 4.87. The number of rotatable bonds is 0. The number of hydrogen-bond acceptors (Lipinski definition) is 1. The summed E-state index contributed by atoms with van der Waals surface area (Å²) in [4.78, 5) is 11.8. The molecule has 0 aliphatic heterocycles. The highest BCUT2D eigenvalue weighted by molar-refractivity contribution is 5.87. The molecule has 1 saturated carbocycles. The monoisotopic (exact) mass is 164 g/mol. The van der Waals surface area contributed by atoms with Gasteiger partial charge in [-0.15, -0.1) is 0 Å². The van der Waals surface area contributed by atoms with E-state index in [4.69, 9.17) is 0 Å². The van der Waals surface area contributed by atoms with Crippen molar-refractivity contribution in [2.45, 2.75) is 33.1 Å². The molecule has 0 amide bonds. The first-order valence-electron chi connectivity index (χ1n) is 4.87. The lowest BCUT2D eigenvalue weighted by Crippen LogP contribution is -2.39. The second-order valence-electron chi connectivity index (χ2n) is 4.38. The highest BCUT2D eigenvalue weighted by atomic mass is 16.1. The van der Waals surface area contributed by atoms with Crippen LogP contribution in [0.1, 0.15) is 33.1 Å². The highest BCUT2D eigenvalue weighted by Gasteiger charge is 2.47. The molecule has 1 fully saturated rings. The van der Waals surface area contributed by atoms with E-state index in [-0.39, 0.29) is 5.41 Å². The molecule has 1 nitrogen and oxygen atoms in total. The van der Waals surface area contributed by atoms with E-state index in [2.05, 4.69) is 26.0 Å². The van der Waals surface area contributed by atoms with Crippen LogP contribution in [0.2, 0.25) is 0 Å². The maximum atomic E-state index is 11.8. The van der Waals surface area contributed by atoms with Crippen LogP contribution < -0.4 is 0 Å². The van der Waals surface area contributed by atoms with Gasteiger partial charge in [0.1, 0.15) is 5.78 Å². The number of carbonyl (C=O) groups is 1. The summed E-state index contributed by atoms with van der Waals surface area (Å²) in [6, 6.07) is 0. The fourth-order valence-corrected chi connectivity index (χ4v) is 2.65. The van der Waals surface area contributed by atoms with Crippen LogP contribution in [-0.2, 0) is 4.79 Å².